The maximum Gasteiger partial charge on any atom is 0.310 e. The summed E-state index contributed by atoms with van der Waals surface area (Å²) in [6.45, 7) is 0. The predicted molar refractivity (Wildman–Crippen MR) is 42.8 cm³/mol. The Hall–Kier alpha value is -1.40. The summed E-state index contributed by atoms with van der Waals surface area (Å²) in [7, 11) is 0. The lowest BCUT2D eigenvalue weighted by atomic mass is 9.80. The van der Waals surface area contributed by atoms with Crippen molar-refractivity contribution < 1.29 is 24.5 Å². The van der Waals surface area contributed by atoms with Crippen LogP contribution in [0.5, 0.6) is 0 Å². The van der Waals surface area contributed by atoms with Gasteiger partial charge < -0.3 is 20.7 Å². The molecule has 0 aromatic rings. The topological polar surface area (TPSA) is 110 Å². The fraction of sp³-hybridized carbons (Fsp3) is 0.500. The van der Waals surface area contributed by atoms with E-state index in [0.717, 1.165) is 0 Å². The second-order valence-electron chi connectivity index (χ2n) is 3.44. The third-order valence-corrected chi connectivity index (χ3v) is 2.60. The zero-order valence-corrected chi connectivity index (χ0v) is 7.08. The van der Waals surface area contributed by atoms with Crippen LogP contribution in [0.4, 0.5) is 0 Å². The minimum atomic E-state index is -1.83. The third kappa shape index (κ3) is 0.978. The Balaban J connectivity index is 2.41. The Morgan fingerprint density at radius 2 is 2.14 bits per heavy atom. The molecule has 0 saturated carbocycles. The number of hydrogen-bond acceptors (Lipinski definition) is 4. The Bertz CT molecular complexity index is 339. The van der Waals surface area contributed by atoms with Crippen molar-refractivity contribution in [3.63, 3.8) is 0 Å². The van der Waals surface area contributed by atoms with Gasteiger partial charge in [0.15, 0.2) is 5.79 Å². The van der Waals surface area contributed by atoms with Gasteiger partial charge in [-0.2, -0.15) is 0 Å². The first-order valence-corrected chi connectivity index (χ1v) is 4.07. The van der Waals surface area contributed by atoms with E-state index in [1.165, 1.54) is 12.2 Å². The largest absolute Gasteiger partial charge is 0.481 e. The zero-order chi connectivity index (χ0) is 10.5. The molecule has 2 aliphatic rings. The number of carboxylic acids is 1. The number of nitrogens with two attached hydrogens (primary N) is 1. The van der Waals surface area contributed by atoms with Crippen molar-refractivity contribution in [2.75, 3.05) is 0 Å². The fourth-order valence-corrected chi connectivity index (χ4v) is 2.01. The van der Waals surface area contributed by atoms with Crippen molar-refractivity contribution in [2.45, 2.75) is 11.9 Å². The maximum absolute atomic E-state index is 11.0. The number of fused-ring (bicyclic) bond motifs is 2. The number of primary amides is 1. The molecule has 4 N–H and O–H groups in total. The summed E-state index contributed by atoms with van der Waals surface area (Å²) in [5.74, 6) is -6.21. The summed E-state index contributed by atoms with van der Waals surface area (Å²) in [5, 5.41) is 18.6. The number of carbonyl (C=O) groups is 2. The van der Waals surface area contributed by atoms with E-state index in [0.29, 0.717) is 0 Å². The molecule has 4 unspecified atom stereocenters. The normalized spacial score (nSPS) is 44.2. The molecule has 1 saturated heterocycles. The minimum absolute atomic E-state index is 0.769. The summed E-state index contributed by atoms with van der Waals surface area (Å²) in [4.78, 5) is 21.8. The van der Waals surface area contributed by atoms with Crippen LogP contribution in [0.1, 0.15) is 0 Å². The average Bonchev–Trinajstić information content (AvgIpc) is 2.55. The van der Waals surface area contributed by atoms with E-state index in [1.54, 1.807) is 0 Å². The van der Waals surface area contributed by atoms with Crippen LogP contribution in [-0.4, -0.2) is 34.0 Å². The van der Waals surface area contributed by atoms with Crippen molar-refractivity contribution in [1.29, 1.82) is 0 Å². The van der Waals surface area contributed by atoms with Crippen molar-refractivity contribution >= 4 is 11.9 Å². The number of ether oxygens (including phenoxy) is 1. The first-order chi connectivity index (χ1) is 6.46. The van der Waals surface area contributed by atoms with Crippen LogP contribution in [0.3, 0.4) is 0 Å². The highest BCUT2D eigenvalue weighted by Gasteiger charge is 2.61. The second kappa shape index (κ2) is 2.55. The zero-order valence-electron chi connectivity index (χ0n) is 7.08. The summed E-state index contributed by atoms with van der Waals surface area (Å²) in [5.41, 5.74) is 5.02. The van der Waals surface area contributed by atoms with Crippen LogP contribution in [0.25, 0.3) is 0 Å². The SMILES string of the molecule is NC(=O)C1C(C(=O)O)C2C=CC1(O)O2. The molecule has 6 nitrogen and oxygen atoms in total. The van der Waals surface area contributed by atoms with Crippen molar-refractivity contribution in [1.82, 2.24) is 0 Å². The van der Waals surface area contributed by atoms with Gasteiger partial charge in [-0.15, -0.1) is 0 Å². The number of rotatable bonds is 2. The van der Waals surface area contributed by atoms with Crippen LogP contribution in [0, 0.1) is 11.8 Å². The average molecular weight is 199 g/mol. The molecule has 76 valence electrons. The lowest BCUT2D eigenvalue weighted by Crippen LogP contribution is -2.46. The van der Waals surface area contributed by atoms with Gasteiger partial charge >= 0.3 is 5.97 Å². The van der Waals surface area contributed by atoms with Crippen LogP contribution in [0.2, 0.25) is 0 Å². The number of carbonyl (C=O) groups excluding carboxylic acids is 1. The Labute approximate surface area is 79.0 Å². The predicted octanol–water partition coefficient (Wildman–Crippen LogP) is -1.55. The van der Waals surface area contributed by atoms with Gasteiger partial charge in [0.1, 0.15) is 11.8 Å². The highest BCUT2D eigenvalue weighted by Crippen LogP contribution is 2.45. The van der Waals surface area contributed by atoms with Gasteiger partial charge in [0.05, 0.1) is 6.10 Å². The second-order valence-corrected chi connectivity index (χ2v) is 3.44. The quantitative estimate of drug-likeness (QED) is 0.466. The first kappa shape index (κ1) is 9.17. The standard InChI is InChI=1S/C8H9NO5/c9-6(10)5-4(7(11)12)3-1-2-8(5,13)14-3/h1-5,13H,(H2,9,10)(H,11,12). The molecule has 2 rings (SSSR count). The van der Waals surface area contributed by atoms with Crippen molar-refractivity contribution in [2.24, 2.45) is 17.6 Å². The van der Waals surface area contributed by atoms with Crippen molar-refractivity contribution in [3.8, 4) is 0 Å². The molecule has 14 heavy (non-hydrogen) atoms. The van der Waals surface area contributed by atoms with Crippen molar-refractivity contribution in [3.05, 3.63) is 12.2 Å². The molecule has 0 spiro atoms. The van der Waals surface area contributed by atoms with E-state index >= 15 is 0 Å². The number of aliphatic carboxylic acids is 1. The number of carboxylic acid groups (broad SMARTS) is 1. The third-order valence-electron chi connectivity index (χ3n) is 2.60. The van der Waals surface area contributed by atoms with E-state index in [2.05, 4.69) is 0 Å². The summed E-state index contributed by atoms with van der Waals surface area (Å²) < 4.78 is 4.97. The van der Waals surface area contributed by atoms with Gasteiger partial charge in [0.25, 0.3) is 0 Å². The smallest absolute Gasteiger partial charge is 0.310 e. The summed E-state index contributed by atoms with van der Waals surface area (Å²) in [6.07, 6.45) is 1.93. The Morgan fingerprint density at radius 1 is 1.50 bits per heavy atom. The highest BCUT2D eigenvalue weighted by molar-refractivity contribution is 5.86. The van der Waals surface area contributed by atoms with Crippen LogP contribution >= 0.6 is 0 Å². The lowest BCUT2D eigenvalue weighted by molar-refractivity contribution is -0.166. The molecule has 1 amide bonds. The van der Waals surface area contributed by atoms with Crippen LogP contribution in [-0.2, 0) is 14.3 Å². The van der Waals surface area contributed by atoms with Gasteiger partial charge in [-0.05, 0) is 6.08 Å². The Morgan fingerprint density at radius 3 is 2.57 bits per heavy atom. The number of aliphatic hydroxyl groups is 1. The van der Waals surface area contributed by atoms with Gasteiger partial charge in [-0.1, -0.05) is 6.08 Å². The van der Waals surface area contributed by atoms with E-state index in [-0.39, 0.29) is 0 Å². The molecular weight excluding hydrogens is 190 g/mol. The van der Waals surface area contributed by atoms with E-state index in [4.69, 9.17) is 15.6 Å². The van der Waals surface area contributed by atoms with E-state index in [9.17, 15) is 14.7 Å². The van der Waals surface area contributed by atoms with Gasteiger partial charge in [0.2, 0.25) is 5.91 Å². The molecule has 4 atom stereocenters. The number of hydrogen-bond donors (Lipinski definition) is 3. The molecule has 0 radical (unpaired) electrons. The Kier molecular flexibility index (Phi) is 1.67. The molecular formula is C8H9NO5. The van der Waals surface area contributed by atoms with Gasteiger partial charge in [-0.3, -0.25) is 9.59 Å². The molecule has 0 aromatic heterocycles. The first-order valence-electron chi connectivity index (χ1n) is 4.07. The molecule has 0 aliphatic carbocycles. The molecule has 2 bridgehead atoms. The molecule has 0 aromatic carbocycles. The molecule has 2 aliphatic heterocycles. The minimum Gasteiger partial charge on any atom is -0.481 e. The van der Waals surface area contributed by atoms with Gasteiger partial charge in [-0.25, -0.2) is 0 Å². The van der Waals surface area contributed by atoms with Gasteiger partial charge in [0, 0.05) is 0 Å². The number of amides is 1. The highest BCUT2D eigenvalue weighted by atomic mass is 16.6. The molecule has 1 fully saturated rings. The van der Waals surface area contributed by atoms with Crippen LogP contribution in [0.15, 0.2) is 12.2 Å². The fourth-order valence-electron chi connectivity index (χ4n) is 2.01. The summed E-state index contributed by atoms with van der Waals surface area (Å²) >= 11 is 0. The maximum atomic E-state index is 11.0. The van der Waals surface area contributed by atoms with Crippen LogP contribution < -0.4 is 5.73 Å². The lowest BCUT2D eigenvalue weighted by Gasteiger charge is -2.24. The summed E-state index contributed by atoms with van der Waals surface area (Å²) in [6, 6.07) is 0. The molecule has 6 heteroatoms. The van der Waals surface area contributed by atoms with E-state index < -0.39 is 35.6 Å². The van der Waals surface area contributed by atoms with E-state index in [1.807, 2.05) is 0 Å². The molecule has 2 heterocycles. The monoisotopic (exact) mass is 199 g/mol.